The molecule has 0 amide bonds. The van der Waals surface area contributed by atoms with Crippen LogP contribution in [0.2, 0.25) is 5.02 Å². The minimum absolute atomic E-state index is 0.0899. The van der Waals surface area contributed by atoms with Gasteiger partial charge >= 0.3 is 12.0 Å². The zero-order valence-electron chi connectivity index (χ0n) is 15.0. The molecule has 0 aliphatic heterocycles. The van der Waals surface area contributed by atoms with E-state index in [1.54, 1.807) is 49.4 Å². The highest BCUT2D eigenvalue weighted by molar-refractivity contribution is 6.31. The van der Waals surface area contributed by atoms with Gasteiger partial charge in [-0.2, -0.15) is 4.98 Å². The van der Waals surface area contributed by atoms with Crippen molar-refractivity contribution in [3.8, 4) is 17.5 Å². The molecule has 0 fully saturated rings. The van der Waals surface area contributed by atoms with Gasteiger partial charge in [0, 0.05) is 17.2 Å². The van der Waals surface area contributed by atoms with Gasteiger partial charge in [-0.05, 0) is 54.2 Å². The third-order valence-corrected chi connectivity index (χ3v) is 3.83. The fourth-order valence-electron chi connectivity index (χ4n) is 2.27. The molecule has 0 aliphatic rings. The van der Waals surface area contributed by atoms with Crippen LogP contribution in [0.1, 0.15) is 6.92 Å². The van der Waals surface area contributed by atoms with Crippen molar-refractivity contribution in [1.29, 1.82) is 0 Å². The van der Waals surface area contributed by atoms with Crippen molar-refractivity contribution in [2.24, 2.45) is 0 Å². The predicted molar refractivity (Wildman–Crippen MR) is 101 cm³/mol. The van der Waals surface area contributed by atoms with Gasteiger partial charge in [0.05, 0.1) is 12.2 Å². The lowest BCUT2D eigenvalue weighted by Gasteiger charge is -2.11. The molecule has 0 saturated carbocycles. The number of nitrogens with zero attached hydrogens (tertiary/aromatic N) is 3. The Morgan fingerprint density at radius 3 is 2.64 bits per heavy atom. The van der Waals surface area contributed by atoms with E-state index in [1.807, 2.05) is 0 Å². The van der Waals surface area contributed by atoms with Crippen LogP contribution in [0.3, 0.4) is 0 Å². The van der Waals surface area contributed by atoms with Crippen molar-refractivity contribution in [3.05, 3.63) is 64.8 Å². The molecule has 28 heavy (non-hydrogen) atoms. The van der Waals surface area contributed by atoms with E-state index in [-0.39, 0.29) is 17.6 Å². The molecule has 144 valence electrons. The number of fused-ring (bicyclic) bond motifs is 1. The Labute approximate surface area is 165 Å². The number of methoxy groups -OCH3 is 1. The molecule has 0 aliphatic carbocycles. The Bertz CT molecular complexity index is 1020. The van der Waals surface area contributed by atoms with Crippen molar-refractivity contribution in [2.45, 2.75) is 13.0 Å². The van der Waals surface area contributed by atoms with Gasteiger partial charge in [0.25, 0.3) is 5.52 Å². The summed E-state index contributed by atoms with van der Waals surface area (Å²) in [5, 5.41) is 16.2. The maximum atomic E-state index is 12.0. The monoisotopic (exact) mass is 401 g/mol. The summed E-state index contributed by atoms with van der Waals surface area (Å²) in [6.45, 7) is 1.78. The van der Waals surface area contributed by atoms with Crippen molar-refractivity contribution < 1.29 is 23.9 Å². The van der Waals surface area contributed by atoms with Crippen LogP contribution < -0.4 is 14.3 Å². The standard InChI is InChI=1S/C19H16ClN3O5/c1-12(3-10-18(24)26-2)27-14-5-7-15(8-6-14)28-19-21-16-9-4-13(20)11-17(16)23(25)22-19/h3-12H,1-2H3/b10-3+. The van der Waals surface area contributed by atoms with Crippen LogP contribution >= 0.6 is 11.6 Å². The zero-order chi connectivity index (χ0) is 20.1. The molecule has 1 aromatic heterocycles. The third kappa shape index (κ3) is 4.86. The number of benzene rings is 2. The van der Waals surface area contributed by atoms with Crippen molar-refractivity contribution in [2.75, 3.05) is 7.11 Å². The Kier molecular flexibility index (Phi) is 5.90. The number of aromatic nitrogens is 3. The Hall–Kier alpha value is -3.39. The van der Waals surface area contributed by atoms with Crippen LogP contribution in [-0.4, -0.2) is 29.3 Å². The van der Waals surface area contributed by atoms with Crippen LogP contribution in [0.4, 0.5) is 0 Å². The summed E-state index contributed by atoms with van der Waals surface area (Å²) in [5.41, 5.74) is 0.660. The Balaban J connectivity index is 1.69. The summed E-state index contributed by atoms with van der Waals surface area (Å²) in [7, 11) is 1.31. The molecular formula is C19H16ClN3O5. The molecule has 8 nitrogen and oxygen atoms in total. The molecule has 3 aromatic rings. The minimum Gasteiger partial charge on any atom is -0.594 e. The number of ether oxygens (including phenoxy) is 3. The number of hydrogen-bond donors (Lipinski definition) is 0. The fourth-order valence-corrected chi connectivity index (χ4v) is 2.44. The molecule has 3 rings (SSSR count). The highest BCUT2D eigenvalue weighted by Crippen LogP contribution is 2.23. The summed E-state index contributed by atoms with van der Waals surface area (Å²) in [6.07, 6.45) is 2.55. The van der Waals surface area contributed by atoms with E-state index in [9.17, 15) is 10.0 Å². The van der Waals surface area contributed by atoms with E-state index in [4.69, 9.17) is 21.1 Å². The lowest BCUT2D eigenvalue weighted by molar-refractivity contribution is -0.643. The molecule has 0 saturated heterocycles. The molecule has 1 atom stereocenters. The second kappa shape index (κ2) is 8.53. The van der Waals surface area contributed by atoms with Crippen molar-refractivity contribution in [1.82, 2.24) is 10.1 Å². The maximum Gasteiger partial charge on any atom is 0.386 e. The maximum absolute atomic E-state index is 12.0. The van der Waals surface area contributed by atoms with Gasteiger partial charge < -0.3 is 19.4 Å². The highest BCUT2D eigenvalue weighted by atomic mass is 35.5. The molecule has 2 aromatic carbocycles. The summed E-state index contributed by atoms with van der Waals surface area (Å²) >= 11 is 5.88. The van der Waals surface area contributed by atoms with Gasteiger partial charge in [-0.1, -0.05) is 11.6 Å². The van der Waals surface area contributed by atoms with Gasteiger partial charge in [0.2, 0.25) is 0 Å². The lowest BCUT2D eigenvalue weighted by Crippen LogP contribution is -2.32. The number of esters is 1. The minimum atomic E-state index is -0.451. The summed E-state index contributed by atoms with van der Waals surface area (Å²) in [5.74, 6) is 0.549. The lowest BCUT2D eigenvalue weighted by atomic mass is 10.3. The number of carbonyl (C=O) groups excluding carboxylic acids is 1. The predicted octanol–water partition coefficient (Wildman–Crippen LogP) is 3.21. The largest absolute Gasteiger partial charge is 0.594 e. The SMILES string of the molecule is COC(=O)/C=C/C(C)Oc1ccc(Oc2nc3ccc(Cl)cc3[n+]([O-])n2)cc1. The van der Waals surface area contributed by atoms with Gasteiger partial charge in [0.1, 0.15) is 23.1 Å². The van der Waals surface area contributed by atoms with E-state index in [1.165, 1.54) is 19.3 Å². The van der Waals surface area contributed by atoms with Gasteiger partial charge in [-0.15, -0.1) is 0 Å². The quantitative estimate of drug-likeness (QED) is 0.271. The second-order valence-electron chi connectivity index (χ2n) is 5.68. The van der Waals surface area contributed by atoms with Crippen LogP contribution in [-0.2, 0) is 9.53 Å². The van der Waals surface area contributed by atoms with Crippen molar-refractivity contribution in [3.63, 3.8) is 0 Å². The highest BCUT2D eigenvalue weighted by Gasteiger charge is 2.13. The van der Waals surface area contributed by atoms with E-state index in [0.29, 0.717) is 26.9 Å². The smallest absolute Gasteiger partial charge is 0.386 e. The van der Waals surface area contributed by atoms with E-state index in [2.05, 4.69) is 14.8 Å². The summed E-state index contributed by atoms with van der Waals surface area (Å²) < 4.78 is 15.7. The first-order valence-corrected chi connectivity index (χ1v) is 8.60. The fraction of sp³-hybridized carbons (Fsp3) is 0.158. The average Bonchev–Trinajstić information content (AvgIpc) is 2.68. The molecule has 0 spiro atoms. The second-order valence-corrected chi connectivity index (χ2v) is 6.12. The third-order valence-electron chi connectivity index (χ3n) is 3.60. The van der Waals surface area contributed by atoms with E-state index < -0.39 is 5.97 Å². The molecule has 1 heterocycles. The first kappa shape index (κ1) is 19.4. The van der Waals surface area contributed by atoms with E-state index in [0.717, 1.165) is 0 Å². The summed E-state index contributed by atoms with van der Waals surface area (Å²) in [4.78, 5) is 15.7. The molecule has 0 radical (unpaired) electrons. The first-order chi connectivity index (χ1) is 13.4. The number of rotatable bonds is 6. The van der Waals surface area contributed by atoms with Gasteiger partial charge in [-0.25, -0.2) is 4.79 Å². The normalized spacial score (nSPS) is 12.1. The van der Waals surface area contributed by atoms with Crippen molar-refractivity contribution >= 4 is 28.6 Å². The van der Waals surface area contributed by atoms with Gasteiger partial charge in [0.15, 0.2) is 0 Å². The Morgan fingerprint density at radius 1 is 1.21 bits per heavy atom. The zero-order valence-corrected chi connectivity index (χ0v) is 15.8. The van der Waals surface area contributed by atoms with Crippen LogP contribution in [0.15, 0.2) is 54.6 Å². The number of carbonyl (C=O) groups is 1. The molecule has 0 bridgehead atoms. The Morgan fingerprint density at radius 2 is 1.93 bits per heavy atom. The topological polar surface area (TPSA) is 97.5 Å². The molecular weight excluding hydrogens is 386 g/mol. The summed E-state index contributed by atoms with van der Waals surface area (Å²) in [6, 6.07) is 11.3. The van der Waals surface area contributed by atoms with Gasteiger partial charge in [-0.3, -0.25) is 0 Å². The van der Waals surface area contributed by atoms with Crippen LogP contribution in [0, 0.1) is 5.21 Å². The first-order valence-electron chi connectivity index (χ1n) is 8.22. The van der Waals surface area contributed by atoms with Crippen LogP contribution in [0.5, 0.6) is 17.5 Å². The molecule has 0 N–H and O–H groups in total. The molecule has 9 heteroatoms. The number of hydrogen-bond acceptors (Lipinski definition) is 7. The average molecular weight is 402 g/mol. The number of halogens is 1. The van der Waals surface area contributed by atoms with Crippen LogP contribution in [0.25, 0.3) is 11.0 Å². The molecule has 1 unspecified atom stereocenters. The van der Waals surface area contributed by atoms with E-state index >= 15 is 0 Å².